The van der Waals surface area contributed by atoms with E-state index in [1.54, 1.807) is 29.7 Å². The lowest BCUT2D eigenvalue weighted by atomic mass is 9.96. The second-order valence-corrected chi connectivity index (χ2v) is 8.43. The molecule has 0 spiro atoms. The third kappa shape index (κ3) is 3.11. The third-order valence-electron chi connectivity index (χ3n) is 4.59. The van der Waals surface area contributed by atoms with Crippen molar-refractivity contribution in [2.45, 2.75) is 37.1 Å². The van der Waals surface area contributed by atoms with E-state index in [0.717, 1.165) is 6.26 Å². The Morgan fingerprint density at radius 3 is 2.60 bits per heavy atom. The molecule has 0 saturated heterocycles. The molecule has 6 nitrogen and oxygen atoms in total. The zero-order valence-electron chi connectivity index (χ0n) is 14.0. The molecule has 0 bridgehead atoms. The predicted octanol–water partition coefficient (Wildman–Crippen LogP) is 2.39. The molecule has 3 rings (SSSR count). The minimum absolute atomic E-state index is 0.0878. The number of carbonyl (C=O) groups is 2. The van der Waals surface area contributed by atoms with E-state index in [1.807, 2.05) is 0 Å². The number of fused-ring (bicyclic) bond motifs is 1. The number of nitrogens with zero attached hydrogens (tertiary/aromatic N) is 1. The van der Waals surface area contributed by atoms with Crippen LogP contribution in [0.1, 0.15) is 46.1 Å². The number of ketones is 1. The first kappa shape index (κ1) is 17.4. The van der Waals surface area contributed by atoms with Crippen molar-refractivity contribution in [2.24, 2.45) is 0 Å². The number of sulfone groups is 1. The second-order valence-electron chi connectivity index (χ2n) is 6.41. The van der Waals surface area contributed by atoms with Gasteiger partial charge in [-0.1, -0.05) is 12.1 Å². The van der Waals surface area contributed by atoms with Crippen LogP contribution >= 0.6 is 0 Å². The van der Waals surface area contributed by atoms with Gasteiger partial charge in [0.25, 0.3) is 0 Å². The van der Waals surface area contributed by atoms with Gasteiger partial charge in [-0.15, -0.1) is 0 Å². The van der Waals surface area contributed by atoms with Crippen LogP contribution in [0.5, 0.6) is 0 Å². The maximum Gasteiger partial charge on any atom is 0.312 e. The van der Waals surface area contributed by atoms with Gasteiger partial charge in [-0.25, -0.2) is 8.42 Å². The van der Waals surface area contributed by atoms with Crippen molar-refractivity contribution in [3.63, 3.8) is 0 Å². The first-order valence-corrected chi connectivity index (χ1v) is 9.87. The number of hydrogen-bond donors (Lipinski definition) is 1. The van der Waals surface area contributed by atoms with Crippen LogP contribution in [0, 0.1) is 6.92 Å². The van der Waals surface area contributed by atoms with Crippen molar-refractivity contribution in [1.82, 2.24) is 4.57 Å². The topological polar surface area (TPSA) is 93.4 Å². The summed E-state index contributed by atoms with van der Waals surface area (Å²) < 4.78 is 25.2. The molecule has 132 valence electrons. The minimum atomic E-state index is -3.41. The summed E-state index contributed by atoms with van der Waals surface area (Å²) in [6, 6.07) is 7.69. The van der Waals surface area contributed by atoms with Gasteiger partial charge in [-0.2, -0.15) is 0 Å². The monoisotopic (exact) mass is 361 g/mol. The standard InChI is InChI=1S/C18H19NO5S/c1-11-9-15-14(18(21)22)7-4-8-19(15)16(11)17(20)12-5-3-6-13(10-12)25(2,23)24/h3,5-6,9-10,14H,4,7-8H2,1-2H3,(H,21,22). The maximum atomic E-state index is 13.0. The van der Waals surface area contributed by atoms with Gasteiger partial charge in [-0.3, -0.25) is 9.59 Å². The molecule has 0 fully saturated rings. The molecule has 0 saturated carbocycles. The molecular formula is C18H19NO5S. The van der Waals surface area contributed by atoms with Crippen molar-refractivity contribution in [3.8, 4) is 0 Å². The van der Waals surface area contributed by atoms with Crippen LogP contribution in [-0.4, -0.2) is 36.1 Å². The molecule has 0 aliphatic carbocycles. The van der Waals surface area contributed by atoms with Crippen LogP contribution < -0.4 is 0 Å². The van der Waals surface area contributed by atoms with E-state index in [0.29, 0.717) is 36.3 Å². The number of aromatic nitrogens is 1. The summed E-state index contributed by atoms with van der Waals surface area (Å²) >= 11 is 0. The fraction of sp³-hybridized carbons (Fsp3) is 0.333. The van der Waals surface area contributed by atoms with Gasteiger partial charge in [-0.05, 0) is 43.5 Å². The van der Waals surface area contributed by atoms with E-state index >= 15 is 0 Å². The fourth-order valence-corrected chi connectivity index (χ4v) is 4.06. The Balaban J connectivity index is 2.09. The number of aliphatic carboxylic acids is 1. The Hall–Kier alpha value is -2.41. The molecule has 7 heteroatoms. The van der Waals surface area contributed by atoms with Gasteiger partial charge in [0.2, 0.25) is 5.78 Å². The highest BCUT2D eigenvalue weighted by Gasteiger charge is 2.31. The van der Waals surface area contributed by atoms with E-state index in [4.69, 9.17) is 0 Å². The van der Waals surface area contributed by atoms with E-state index in [9.17, 15) is 23.1 Å². The van der Waals surface area contributed by atoms with E-state index < -0.39 is 21.7 Å². The normalized spacial score (nSPS) is 17.1. The Morgan fingerprint density at radius 1 is 1.24 bits per heavy atom. The van der Waals surface area contributed by atoms with E-state index in [-0.39, 0.29) is 16.2 Å². The molecular weight excluding hydrogens is 342 g/mol. The Bertz CT molecular complexity index is 971. The van der Waals surface area contributed by atoms with Gasteiger partial charge < -0.3 is 9.67 Å². The lowest BCUT2D eigenvalue weighted by Crippen LogP contribution is -2.24. The predicted molar refractivity (Wildman–Crippen MR) is 91.8 cm³/mol. The smallest absolute Gasteiger partial charge is 0.312 e. The molecule has 1 aromatic carbocycles. The van der Waals surface area contributed by atoms with Crippen LogP contribution in [-0.2, 0) is 21.2 Å². The summed E-state index contributed by atoms with van der Waals surface area (Å²) in [5.74, 6) is -1.80. The van der Waals surface area contributed by atoms with Gasteiger partial charge in [0.15, 0.2) is 9.84 Å². The summed E-state index contributed by atoms with van der Waals surface area (Å²) in [5.41, 5.74) is 2.06. The zero-order valence-corrected chi connectivity index (χ0v) is 14.8. The first-order chi connectivity index (χ1) is 11.7. The Kier molecular flexibility index (Phi) is 4.28. The highest BCUT2D eigenvalue weighted by molar-refractivity contribution is 7.90. The van der Waals surface area contributed by atoms with E-state index in [1.165, 1.54) is 12.1 Å². The van der Waals surface area contributed by atoms with Gasteiger partial charge >= 0.3 is 5.97 Å². The number of aryl methyl sites for hydroxylation is 1. The van der Waals surface area contributed by atoms with Gasteiger partial charge in [0, 0.05) is 24.1 Å². The SMILES string of the molecule is Cc1cc2n(c1C(=O)c1cccc(S(C)(=O)=O)c1)CCCC2C(=O)O. The zero-order chi connectivity index (χ0) is 18.4. The lowest BCUT2D eigenvalue weighted by molar-refractivity contribution is -0.139. The summed E-state index contributed by atoms with van der Waals surface area (Å²) in [7, 11) is -3.41. The summed E-state index contributed by atoms with van der Waals surface area (Å²) in [5, 5.41) is 9.40. The second kappa shape index (κ2) is 6.15. The van der Waals surface area contributed by atoms with Crippen molar-refractivity contribution >= 4 is 21.6 Å². The van der Waals surface area contributed by atoms with E-state index in [2.05, 4.69) is 0 Å². The average Bonchev–Trinajstić information content (AvgIpc) is 2.89. The molecule has 0 amide bonds. The average molecular weight is 361 g/mol. The first-order valence-electron chi connectivity index (χ1n) is 7.98. The fourth-order valence-electron chi connectivity index (χ4n) is 3.40. The number of carboxylic acid groups (broad SMARTS) is 1. The molecule has 2 heterocycles. The number of rotatable bonds is 4. The molecule has 1 unspecified atom stereocenters. The highest BCUT2D eigenvalue weighted by Crippen LogP contribution is 2.32. The quantitative estimate of drug-likeness (QED) is 0.844. The molecule has 1 atom stereocenters. The van der Waals surface area contributed by atoms with Crippen molar-refractivity contribution in [2.75, 3.05) is 6.26 Å². The Morgan fingerprint density at radius 2 is 1.96 bits per heavy atom. The molecule has 1 aliphatic rings. The van der Waals surface area contributed by atoms with Crippen LogP contribution in [0.3, 0.4) is 0 Å². The number of carbonyl (C=O) groups excluding carboxylic acids is 1. The minimum Gasteiger partial charge on any atom is -0.481 e. The molecule has 1 aliphatic heterocycles. The van der Waals surface area contributed by atoms with Crippen LogP contribution in [0.15, 0.2) is 35.2 Å². The number of carboxylic acids is 1. The molecule has 2 aromatic rings. The van der Waals surface area contributed by atoms with Crippen LogP contribution in [0.4, 0.5) is 0 Å². The van der Waals surface area contributed by atoms with Crippen LogP contribution in [0.2, 0.25) is 0 Å². The van der Waals surface area contributed by atoms with Gasteiger partial charge in [0.1, 0.15) is 0 Å². The highest BCUT2D eigenvalue weighted by atomic mass is 32.2. The third-order valence-corrected chi connectivity index (χ3v) is 5.70. The number of benzene rings is 1. The maximum absolute atomic E-state index is 13.0. The summed E-state index contributed by atoms with van der Waals surface area (Å²) in [4.78, 5) is 24.5. The Labute approximate surface area is 146 Å². The van der Waals surface area contributed by atoms with Crippen molar-refractivity contribution in [1.29, 1.82) is 0 Å². The molecule has 1 aromatic heterocycles. The number of hydrogen-bond acceptors (Lipinski definition) is 4. The van der Waals surface area contributed by atoms with Gasteiger partial charge in [0.05, 0.1) is 16.5 Å². The van der Waals surface area contributed by atoms with Crippen LogP contribution in [0.25, 0.3) is 0 Å². The molecule has 1 N–H and O–H groups in total. The van der Waals surface area contributed by atoms with Crippen molar-refractivity contribution < 1.29 is 23.1 Å². The van der Waals surface area contributed by atoms with Crippen molar-refractivity contribution in [3.05, 3.63) is 52.8 Å². The molecule has 25 heavy (non-hydrogen) atoms. The lowest BCUT2D eigenvalue weighted by Gasteiger charge is -2.23. The largest absolute Gasteiger partial charge is 0.481 e. The molecule has 0 radical (unpaired) electrons. The summed E-state index contributed by atoms with van der Waals surface area (Å²) in [6.07, 6.45) is 2.33. The summed E-state index contributed by atoms with van der Waals surface area (Å²) in [6.45, 7) is 2.36.